The molecule has 6 atom stereocenters. The predicted molar refractivity (Wildman–Crippen MR) is 141 cm³/mol. The molecule has 4 aliphatic rings. The summed E-state index contributed by atoms with van der Waals surface area (Å²) in [5, 5.41) is 40.6. The zero-order chi connectivity index (χ0) is 31.3. The number of ether oxygens (including phenoxy) is 4. The van der Waals surface area contributed by atoms with Crippen LogP contribution in [0.1, 0.15) is 55.7 Å². The monoisotopic (exact) mass is 603 g/mol. The number of carbonyl (C=O) groups is 5. The smallest absolute Gasteiger partial charge is 0.348 e. The Morgan fingerprint density at radius 3 is 2.51 bits per heavy atom. The van der Waals surface area contributed by atoms with E-state index in [0.29, 0.717) is 30.6 Å². The van der Waals surface area contributed by atoms with E-state index in [2.05, 4.69) is 4.90 Å². The molecule has 2 heterocycles. The van der Waals surface area contributed by atoms with E-state index in [4.69, 9.17) is 24.1 Å². The van der Waals surface area contributed by atoms with Gasteiger partial charge in [-0.15, -0.1) is 0 Å². The highest BCUT2D eigenvalue weighted by atomic mass is 16.6. The molecule has 43 heavy (non-hydrogen) atoms. The number of likely N-dealkylation sites (tertiary alicyclic amines) is 1. The Kier molecular flexibility index (Phi) is 7.96. The van der Waals surface area contributed by atoms with Crippen LogP contribution in [0, 0.1) is 0 Å². The highest BCUT2D eigenvalue weighted by Gasteiger charge is 2.70. The summed E-state index contributed by atoms with van der Waals surface area (Å²) in [4.78, 5) is 62.0. The number of esters is 3. The SMILES string of the molecule is CC(=O)O[C@@H](CC(=O)OC1=CC[C@@]2(O)[C@H]3Cc4ccc(CO)c5c4[C@@]2(CCCN3C)[C@H]1O5)C(=O)O[C@H](CC(=O)O)C(=O)O. The second-order valence-electron chi connectivity index (χ2n) is 11.4. The second-order valence-corrected chi connectivity index (χ2v) is 11.4. The van der Waals surface area contributed by atoms with Crippen LogP contribution in [-0.2, 0) is 56.6 Å². The van der Waals surface area contributed by atoms with E-state index >= 15 is 0 Å². The Morgan fingerprint density at radius 1 is 1.12 bits per heavy atom. The number of nitrogens with zero attached hydrogens (tertiary/aromatic N) is 1. The minimum absolute atomic E-state index is 0.0788. The topological polar surface area (TPSA) is 206 Å². The fraction of sp³-hybridized carbons (Fsp3) is 0.552. The Hall–Kier alpha value is -4.01. The van der Waals surface area contributed by atoms with Gasteiger partial charge in [-0.05, 0) is 44.5 Å². The van der Waals surface area contributed by atoms with Crippen LogP contribution in [-0.4, -0.2) is 98.7 Å². The molecule has 1 aromatic carbocycles. The van der Waals surface area contributed by atoms with Gasteiger partial charge in [0.1, 0.15) is 11.5 Å². The minimum Gasteiger partial charge on any atom is -0.481 e. The summed E-state index contributed by atoms with van der Waals surface area (Å²) in [6.45, 7) is 1.37. The van der Waals surface area contributed by atoms with Gasteiger partial charge in [-0.3, -0.25) is 14.4 Å². The van der Waals surface area contributed by atoms with Gasteiger partial charge >= 0.3 is 29.8 Å². The molecule has 4 N–H and O–H groups in total. The number of hydrogen-bond acceptors (Lipinski definition) is 12. The van der Waals surface area contributed by atoms with Crippen molar-refractivity contribution < 1.29 is 63.3 Å². The number of carboxylic acids is 2. The molecule has 5 rings (SSSR count). The number of hydrogen-bond donors (Lipinski definition) is 4. The van der Waals surface area contributed by atoms with Crippen LogP contribution in [0.2, 0.25) is 0 Å². The zero-order valence-corrected chi connectivity index (χ0v) is 23.6. The van der Waals surface area contributed by atoms with Crippen LogP contribution in [0.15, 0.2) is 24.0 Å². The first-order valence-corrected chi connectivity index (χ1v) is 13.9. The minimum atomic E-state index is -2.08. The van der Waals surface area contributed by atoms with Crippen molar-refractivity contribution in [2.75, 3.05) is 13.6 Å². The van der Waals surface area contributed by atoms with Crippen molar-refractivity contribution in [2.45, 2.75) is 87.4 Å². The van der Waals surface area contributed by atoms with Gasteiger partial charge in [0.05, 0.1) is 30.5 Å². The summed E-state index contributed by atoms with van der Waals surface area (Å²) in [5.41, 5.74) is 0.00174. The number of aliphatic carboxylic acids is 2. The molecule has 0 unspecified atom stereocenters. The molecule has 0 radical (unpaired) electrons. The maximum Gasteiger partial charge on any atom is 0.348 e. The number of carbonyl (C=O) groups excluding carboxylic acids is 3. The molecule has 14 heteroatoms. The van der Waals surface area contributed by atoms with Crippen LogP contribution in [0.3, 0.4) is 0 Å². The highest BCUT2D eigenvalue weighted by molar-refractivity contribution is 5.87. The summed E-state index contributed by atoms with van der Waals surface area (Å²) in [7, 11) is 1.96. The number of carboxylic acid groups (broad SMARTS) is 2. The first kappa shape index (κ1) is 30.4. The molecule has 0 saturated carbocycles. The largest absolute Gasteiger partial charge is 0.481 e. The first-order chi connectivity index (χ1) is 20.3. The van der Waals surface area contributed by atoms with Gasteiger partial charge in [0.2, 0.25) is 12.2 Å². The van der Waals surface area contributed by atoms with Crippen molar-refractivity contribution in [3.8, 4) is 5.75 Å². The lowest BCUT2D eigenvalue weighted by Gasteiger charge is -2.56. The summed E-state index contributed by atoms with van der Waals surface area (Å²) >= 11 is 0. The molecule has 1 spiro atoms. The molecule has 232 valence electrons. The van der Waals surface area contributed by atoms with Crippen LogP contribution in [0.5, 0.6) is 5.75 Å². The summed E-state index contributed by atoms with van der Waals surface area (Å²) in [6, 6.07) is 3.44. The van der Waals surface area contributed by atoms with Gasteiger partial charge in [-0.2, -0.15) is 0 Å². The Bertz CT molecular complexity index is 1400. The molecule has 0 amide bonds. The lowest BCUT2D eigenvalue weighted by Crippen LogP contribution is -2.69. The van der Waals surface area contributed by atoms with Crippen molar-refractivity contribution in [2.24, 2.45) is 0 Å². The van der Waals surface area contributed by atoms with Gasteiger partial charge in [-0.25, -0.2) is 9.59 Å². The maximum atomic E-state index is 13.2. The number of likely N-dealkylation sites (N-methyl/N-ethyl adjacent to an activating group) is 1. The quantitative estimate of drug-likeness (QED) is 0.208. The Morgan fingerprint density at radius 2 is 1.86 bits per heavy atom. The lowest BCUT2D eigenvalue weighted by molar-refractivity contribution is -0.180. The van der Waals surface area contributed by atoms with Crippen molar-refractivity contribution in [3.63, 3.8) is 0 Å². The third-order valence-corrected chi connectivity index (χ3v) is 8.90. The van der Waals surface area contributed by atoms with E-state index in [1.165, 1.54) is 0 Å². The highest BCUT2D eigenvalue weighted by Crippen LogP contribution is 2.64. The maximum absolute atomic E-state index is 13.2. The van der Waals surface area contributed by atoms with Gasteiger partial charge < -0.3 is 44.3 Å². The Labute approximate surface area is 245 Å². The van der Waals surface area contributed by atoms with Crippen molar-refractivity contribution in [3.05, 3.63) is 40.7 Å². The average molecular weight is 604 g/mol. The fourth-order valence-electron chi connectivity index (χ4n) is 7.14. The number of aliphatic hydroxyl groups excluding tert-OH is 1. The third-order valence-electron chi connectivity index (χ3n) is 8.90. The molecule has 0 aromatic heterocycles. The van der Waals surface area contributed by atoms with Gasteiger partial charge in [0, 0.05) is 30.5 Å². The average Bonchev–Trinajstić information content (AvgIpc) is 3.27. The fourth-order valence-corrected chi connectivity index (χ4v) is 7.14. The van der Waals surface area contributed by atoms with E-state index in [1.54, 1.807) is 12.1 Å². The first-order valence-electron chi connectivity index (χ1n) is 13.9. The van der Waals surface area contributed by atoms with E-state index in [1.807, 2.05) is 13.1 Å². The molecule has 14 nitrogen and oxygen atoms in total. The van der Waals surface area contributed by atoms with Crippen LogP contribution in [0.25, 0.3) is 0 Å². The van der Waals surface area contributed by atoms with Crippen LogP contribution < -0.4 is 4.74 Å². The van der Waals surface area contributed by atoms with E-state index < -0.39 is 72.0 Å². The van der Waals surface area contributed by atoms with E-state index in [9.17, 15) is 39.3 Å². The van der Waals surface area contributed by atoms with Crippen LogP contribution >= 0.6 is 0 Å². The van der Waals surface area contributed by atoms with E-state index in [-0.39, 0.29) is 24.8 Å². The molecule has 2 aliphatic carbocycles. The van der Waals surface area contributed by atoms with Crippen molar-refractivity contribution in [1.82, 2.24) is 4.90 Å². The van der Waals surface area contributed by atoms with Crippen molar-refractivity contribution in [1.29, 1.82) is 0 Å². The van der Waals surface area contributed by atoms with Gasteiger partial charge in [-0.1, -0.05) is 12.1 Å². The van der Waals surface area contributed by atoms with Crippen LogP contribution in [0.4, 0.5) is 0 Å². The molecule has 1 saturated heterocycles. The molecule has 2 aliphatic heterocycles. The third kappa shape index (κ3) is 5.02. The normalized spacial score (nSPS) is 28.2. The molecule has 1 fully saturated rings. The molecular weight excluding hydrogens is 570 g/mol. The number of rotatable bonds is 10. The van der Waals surface area contributed by atoms with Gasteiger partial charge in [0.15, 0.2) is 6.10 Å². The second kappa shape index (κ2) is 11.2. The van der Waals surface area contributed by atoms with E-state index in [0.717, 1.165) is 24.6 Å². The zero-order valence-electron chi connectivity index (χ0n) is 23.6. The predicted octanol–water partition coefficient (Wildman–Crippen LogP) is 0.183. The summed E-state index contributed by atoms with van der Waals surface area (Å²) < 4.78 is 21.8. The van der Waals surface area contributed by atoms with Gasteiger partial charge in [0.25, 0.3) is 0 Å². The molecule has 1 aromatic rings. The Balaban J connectivity index is 1.43. The number of aliphatic hydroxyl groups is 2. The lowest BCUT2D eigenvalue weighted by atomic mass is 9.52. The standard InChI is InChI=1S/C29H33NO13/c1-14(32)40-19(27(38)42-18(26(36)37)11-21(33)34)12-22(35)41-17-6-8-29(39)20-10-15-4-5-16(13-31)24-23(15)28(29,25(17)43-24)7-3-9-30(20)2/h4-6,18-20,25,31,39H,3,7-13H2,1-2H3,(H,33,34)(H,36,37)/t18-,19+,20-,25+,28+,29-/m1/s1. The summed E-state index contributed by atoms with van der Waals surface area (Å²) in [6.07, 6.45) is -3.41. The molecule has 2 bridgehead atoms. The molecular formula is C29H33NO13. The summed E-state index contributed by atoms with van der Waals surface area (Å²) in [5.74, 6) is -6.22. The van der Waals surface area contributed by atoms with Crippen molar-refractivity contribution >= 4 is 29.8 Å². The number of benzene rings is 1.